The number of unbranched alkanes of at least 4 members (excludes halogenated alkanes) is 1. The predicted molar refractivity (Wildman–Crippen MR) is 120 cm³/mol. The van der Waals surface area contributed by atoms with E-state index in [1.807, 2.05) is 24.3 Å². The molecule has 1 aromatic rings. The minimum absolute atomic E-state index is 0.140. The van der Waals surface area contributed by atoms with Gasteiger partial charge in [0.25, 0.3) is 5.91 Å². The van der Waals surface area contributed by atoms with E-state index in [9.17, 15) is 9.59 Å². The summed E-state index contributed by atoms with van der Waals surface area (Å²) in [6.45, 7) is 5.27. The molecule has 1 fully saturated rings. The highest BCUT2D eigenvalue weighted by Crippen LogP contribution is 2.35. The molecule has 0 N–H and O–H groups in total. The van der Waals surface area contributed by atoms with E-state index >= 15 is 0 Å². The molecule has 0 radical (unpaired) electrons. The topological polar surface area (TPSA) is 55.8 Å². The van der Waals surface area contributed by atoms with Crippen molar-refractivity contribution in [2.75, 3.05) is 19.8 Å². The molecule has 1 heterocycles. The monoisotopic (exact) mass is 485 g/mol. The first-order valence-corrected chi connectivity index (χ1v) is 11.3. The Labute approximate surface area is 184 Å². The molecular weight excluding hydrogens is 462 g/mol. The molecule has 1 amide bonds. The van der Waals surface area contributed by atoms with Crippen LogP contribution >= 0.6 is 39.9 Å². The molecular formula is C20H24BrNO4S2. The van der Waals surface area contributed by atoms with Gasteiger partial charge in [-0.15, -0.1) is 0 Å². The number of thioether (sulfide) groups is 1. The highest BCUT2D eigenvalue weighted by Gasteiger charge is 2.32. The molecule has 0 aliphatic carbocycles. The molecule has 28 heavy (non-hydrogen) atoms. The molecule has 5 nitrogen and oxygen atoms in total. The van der Waals surface area contributed by atoms with Crippen LogP contribution in [-0.2, 0) is 14.3 Å². The van der Waals surface area contributed by atoms with E-state index in [1.165, 1.54) is 11.8 Å². The number of rotatable bonds is 10. The number of esters is 1. The van der Waals surface area contributed by atoms with Crippen molar-refractivity contribution >= 4 is 62.2 Å². The number of hydrogen-bond donors (Lipinski definition) is 0. The van der Waals surface area contributed by atoms with Crippen LogP contribution in [0, 0.1) is 0 Å². The lowest BCUT2D eigenvalue weighted by molar-refractivity contribution is -0.143. The van der Waals surface area contributed by atoms with Gasteiger partial charge in [-0.3, -0.25) is 14.5 Å². The summed E-state index contributed by atoms with van der Waals surface area (Å²) in [5.41, 5.74) is 0.831. The van der Waals surface area contributed by atoms with E-state index in [0.29, 0.717) is 35.4 Å². The van der Waals surface area contributed by atoms with E-state index in [-0.39, 0.29) is 18.3 Å². The van der Waals surface area contributed by atoms with Crippen LogP contribution in [0.1, 0.15) is 45.1 Å². The molecule has 1 aliphatic rings. The van der Waals surface area contributed by atoms with E-state index in [4.69, 9.17) is 21.7 Å². The third kappa shape index (κ3) is 6.60. The normalized spacial score (nSPS) is 15.4. The molecule has 0 bridgehead atoms. The third-order valence-corrected chi connectivity index (χ3v) is 5.83. The van der Waals surface area contributed by atoms with Gasteiger partial charge in [0.1, 0.15) is 10.1 Å². The molecule has 0 aromatic heterocycles. The van der Waals surface area contributed by atoms with Crippen molar-refractivity contribution in [2.45, 2.75) is 39.5 Å². The average molecular weight is 486 g/mol. The summed E-state index contributed by atoms with van der Waals surface area (Å²) in [5, 5.41) is 0. The van der Waals surface area contributed by atoms with Gasteiger partial charge < -0.3 is 9.47 Å². The SMILES string of the molecule is CCCCOc1ccc(Br)cc1/C=C1/SC(=S)N(CCCC(=O)OCC)C1=O. The predicted octanol–water partition coefficient (Wildman–Crippen LogP) is 5.17. The molecule has 1 aromatic carbocycles. The lowest BCUT2D eigenvalue weighted by Gasteiger charge is -2.13. The van der Waals surface area contributed by atoms with Crippen molar-refractivity contribution in [3.8, 4) is 5.75 Å². The lowest BCUT2D eigenvalue weighted by Crippen LogP contribution is -2.29. The Morgan fingerprint density at radius 1 is 1.32 bits per heavy atom. The summed E-state index contributed by atoms with van der Waals surface area (Å²) in [6.07, 6.45) is 4.62. The Morgan fingerprint density at radius 2 is 2.11 bits per heavy atom. The summed E-state index contributed by atoms with van der Waals surface area (Å²) < 4.78 is 12.2. The number of amides is 1. The largest absolute Gasteiger partial charge is 0.493 e. The number of nitrogens with zero attached hydrogens (tertiary/aromatic N) is 1. The second-order valence-corrected chi connectivity index (χ2v) is 8.72. The van der Waals surface area contributed by atoms with Gasteiger partial charge in [0.2, 0.25) is 0 Å². The van der Waals surface area contributed by atoms with Gasteiger partial charge in [-0.1, -0.05) is 53.3 Å². The molecule has 2 rings (SSSR count). The molecule has 152 valence electrons. The van der Waals surface area contributed by atoms with E-state index in [0.717, 1.165) is 28.6 Å². The van der Waals surface area contributed by atoms with Crippen molar-refractivity contribution in [1.82, 2.24) is 4.90 Å². The number of ether oxygens (including phenoxy) is 2. The van der Waals surface area contributed by atoms with Crippen molar-refractivity contribution in [3.63, 3.8) is 0 Å². The summed E-state index contributed by atoms with van der Waals surface area (Å²) in [6, 6.07) is 5.74. The maximum atomic E-state index is 12.8. The summed E-state index contributed by atoms with van der Waals surface area (Å²) >= 11 is 10.1. The van der Waals surface area contributed by atoms with E-state index in [1.54, 1.807) is 11.8 Å². The van der Waals surface area contributed by atoms with Crippen LogP contribution in [0.4, 0.5) is 0 Å². The van der Waals surface area contributed by atoms with Crippen LogP contribution < -0.4 is 4.74 Å². The average Bonchev–Trinajstić information content (AvgIpc) is 2.91. The fourth-order valence-electron chi connectivity index (χ4n) is 2.54. The highest BCUT2D eigenvalue weighted by molar-refractivity contribution is 9.10. The zero-order valence-electron chi connectivity index (χ0n) is 16.0. The van der Waals surface area contributed by atoms with Crippen molar-refractivity contribution < 1.29 is 19.1 Å². The van der Waals surface area contributed by atoms with Gasteiger partial charge in [-0.05, 0) is 44.0 Å². The van der Waals surface area contributed by atoms with Crippen LogP contribution in [0.25, 0.3) is 6.08 Å². The summed E-state index contributed by atoms with van der Waals surface area (Å²) in [7, 11) is 0. The number of thiocarbonyl (C=S) groups is 1. The zero-order valence-corrected chi connectivity index (χ0v) is 19.3. The second kappa shape index (κ2) is 11.6. The van der Waals surface area contributed by atoms with Gasteiger partial charge in [-0.25, -0.2) is 0 Å². The third-order valence-electron chi connectivity index (χ3n) is 3.96. The number of carbonyl (C=O) groups excluding carboxylic acids is 2. The fourth-order valence-corrected chi connectivity index (χ4v) is 4.22. The first-order valence-electron chi connectivity index (χ1n) is 9.29. The standard InChI is InChI=1S/C20H24BrNO4S2/c1-3-5-11-26-16-9-8-15(21)12-14(16)13-17-19(24)22(20(27)28-17)10-6-7-18(23)25-4-2/h8-9,12-13H,3-7,10-11H2,1-2H3/b17-13+. The maximum absolute atomic E-state index is 12.8. The number of carbonyl (C=O) groups is 2. The summed E-state index contributed by atoms with van der Waals surface area (Å²) in [5.74, 6) is 0.342. The van der Waals surface area contributed by atoms with Crippen molar-refractivity contribution in [3.05, 3.63) is 33.1 Å². The molecule has 0 spiro atoms. The Balaban J connectivity index is 2.08. The van der Waals surface area contributed by atoms with Gasteiger partial charge in [0.15, 0.2) is 0 Å². The van der Waals surface area contributed by atoms with E-state index in [2.05, 4.69) is 22.9 Å². The maximum Gasteiger partial charge on any atom is 0.305 e. The number of benzene rings is 1. The first-order chi connectivity index (χ1) is 13.5. The molecule has 1 aliphatic heterocycles. The quantitative estimate of drug-likeness (QED) is 0.197. The molecule has 0 saturated carbocycles. The lowest BCUT2D eigenvalue weighted by atomic mass is 10.2. The van der Waals surface area contributed by atoms with E-state index < -0.39 is 0 Å². The first kappa shape index (κ1) is 22.9. The molecule has 0 unspecified atom stereocenters. The highest BCUT2D eigenvalue weighted by atomic mass is 79.9. The summed E-state index contributed by atoms with van der Waals surface area (Å²) in [4.78, 5) is 26.3. The molecule has 8 heteroatoms. The van der Waals surface area contributed by atoms with Gasteiger partial charge >= 0.3 is 5.97 Å². The minimum atomic E-state index is -0.258. The number of halogens is 1. The minimum Gasteiger partial charge on any atom is -0.493 e. The zero-order chi connectivity index (χ0) is 20.5. The van der Waals surface area contributed by atoms with Crippen LogP contribution in [0.15, 0.2) is 27.6 Å². The van der Waals surface area contributed by atoms with Gasteiger partial charge in [0.05, 0.1) is 18.1 Å². The Kier molecular flexibility index (Phi) is 9.47. The molecule has 0 atom stereocenters. The Hall–Kier alpha value is -1.38. The van der Waals surface area contributed by atoms with Crippen LogP contribution in [0.5, 0.6) is 5.75 Å². The van der Waals surface area contributed by atoms with Gasteiger partial charge in [-0.2, -0.15) is 0 Å². The van der Waals surface area contributed by atoms with Gasteiger partial charge in [0, 0.05) is 23.0 Å². The van der Waals surface area contributed by atoms with Crippen molar-refractivity contribution in [1.29, 1.82) is 0 Å². The fraction of sp³-hybridized carbons (Fsp3) is 0.450. The van der Waals surface area contributed by atoms with Crippen LogP contribution in [0.2, 0.25) is 0 Å². The Bertz CT molecular complexity index is 767. The second-order valence-electron chi connectivity index (χ2n) is 6.13. The van der Waals surface area contributed by atoms with Crippen molar-refractivity contribution in [2.24, 2.45) is 0 Å². The van der Waals surface area contributed by atoms with Crippen LogP contribution in [0.3, 0.4) is 0 Å². The smallest absolute Gasteiger partial charge is 0.305 e. The Morgan fingerprint density at radius 3 is 2.82 bits per heavy atom. The van der Waals surface area contributed by atoms with Crippen LogP contribution in [-0.4, -0.2) is 40.9 Å². The molecule has 1 saturated heterocycles. The number of hydrogen-bond acceptors (Lipinski definition) is 6.